The van der Waals surface area contributed by atoms with Crippen molar-refractivity contribution in [3.8, 4) is 5.75 Å². The summed E-state index contributed by atoms with van der Waals surface area (Å²) >= 11 is 11.6. The van der Waals surface area contributed by atoms with E-state index in [2.05, 4.69) is 20.7 Å². The standard InChI is InChI=1S/C21H18Cl2F3N5O3/c1-10(2)31-9-12(19(33)27-8-11-5-3-4-6-13(11)21(24,25)26)18(30-31)29-20(34)15-7-14(22)16(32)17(23)28-15/h3-7,9-10,32H,8H2,1-2H3,(H,27,33)(H,29,30,34). The lowest BCUT2D eigenvalue weighted by Gasteiger charge is -2.13. The molecule has 2 amide bonds. The van der Waals surface area contributed by atoms with Gasteiger partial charge in [-0.2, -0.15) is 18.3 Å². The molecular weight excluding hydrogens is 498 g/mol. The number of carbonyl (C=O) groups excluding carboxylic acids is 2. The molecule has 0 aliphatic heterocycles. The highest BCUT2D eigenvalue weighted by atomic mass is 35.5. The third-order valence-electron chi connectivity index (χ3n) is 4.64. The molecule has 180 valence electrons. The summed E-state index contributed by atoms with van der Waals surface area (Å²) < 4.78 is 41.1. The number of hydrogen-bond donors (Lipinski definition) is 3. The zero-order valence-electron chi connectivity index (χ0n) is 17.7. The van der Waals surface area contributed by atoms with Crippen molar-refractivity contribution < 1.29 is 27.9 Å². The minimum absolute atomic E-state index is 0.0810. The van der Waals surface area contributed by atoms with E-state index in [4.69, 9.17) is 23.2 Å². The van der Waals surface area contributed by atoms with Crippen LogP contribution in [0.5, 0.6) is 5.75 Å². The summed E-state index contributed by atoms with van der Waals surface area (Å²) in [7, 11) is 0. The molecule has 0 unspecified atom stereocenters. The lowest BCUT2D eigenvalue weighted by Crippen LogP contribution is -2.25. The average molecular weight is 516 g/mol. The van der Waals surface area contributed by atoms with Gasteiger partial charge in [-0.25, -0.2) is 4.98 Å². The molecule has 0 aliphatic rings. The lowest BCUT2D eigenvalue weighted by molar-refractivity contribution is -0.138. The molecule has 0 atom stereocenters. The molecule has 0 aliphatic carbocycles. The Kier molecular flexibility index (Phi) is 7.37. The second-order valence-electron chi connectivity index (χ2n) is 7.39. The van der Waals surface area contributed by atoms with Crippen LogP contribution in [0.25, 0.3) is 0 Å². The molecule has 0 spiro atoms. The van der Waals surface area contributed by atoms with E-state index < -0.39 is 41.0 Å². The molecule has 3 aromatic rings. The second-order valence-corrected chi connectivity index (χ2v) is 8.15. The maximum Gasteiger partial charge on any atom is 0.416 e. The minimum Gasteiger partial charge on any atom is -0.504 e. The van der Waals surface area contributed by atoms with Gasteiger partial charge in [0.05, 0.1) is 10.6 Å². The average Bonchev–Trinajstić information content (AvgIpc) is 3.19. The van der Waals surface area contributed by atoms with Crippen LogP contribution < -0.4 is 10.6 Å². The highest BCUT2D eigenvalue weighted by molar-refractivity contribution is 6.36. The van der Waals surface area contributed by atoms with Gasteiger partial charge in [-0.3, -0.25) is 14.3 Å². The van der Waals surface area contributed by atoms with Crippen molar-refractivity contribution in [3.63, 3.8) is 0 Å². The highest BCUT2D eigenvalue weighted by Gasteiger charge is 2.33. The third-order valence-corrected chi connectivity index (χ3v) is 5.19. The zero-order valence-corrected chi connectivity index (χ0v) is 19.3. The van der Waals surface area contributed by atoms with Crippen molar-refractivity contribution in [1.82, 2.24) is 20.1 Å². The SMILES string of the molecule is CC(C)n1cc(C(=O)NCc2ccccc2C(F)(F)F)c(NC(=O)c2cc(Cl)c(O)c(Cl)n2)n1. The number of hydrogen-bond acceptors (Lipinski definition) is 5. The molecule has 0 saturated heterocycles. The van der Waals surface area contributed by atoms with Crippen LogP contribution in [0.2, 0.25) is 10.2 Å². The summed E-state index contributed by atoms with van der Waals surface area (Å²) in [4.78, 5) is 29.2. The summed E-state index contributed by atoms with van der Waals surface area (Å²) in [6.07, 6.45) is -3.22. The first kappa shape index (κ1) is 25.3. The van der Waals surface area contributed by atoms with Gasteiger partial charge >= 0.3 is 6.18 Å². The molecule has 3 rings (SSSR count). The van der Waals surface area contributed by atoms with Crippen LogP contribution in [-0.4, -0.2) is 31.7 Å². The van der Waals surface area contributed by atoms with Crippen molar-refractivity contribution in [2.75, 3.05) is 5.32 Å². The number of benzene rings is 1. The molecule has 2 aromatic heterocycles. The van der Waals surface area contributed by atoms with E-state index in [1.165, 1.54) is 29.1 Å². The summed E-state index contributed by atoms with van der Waals surface area (Å²) in [5, 5.41) is 18.0. The van der Waals surface area contributed by atoms with Gasteiger partial charge in [-0.05, 0) is 31.5 Å². The van der Waals surface area contributed by atoms with E-state index in [1.807, 2.05) is 0 Å². The summed E-state index contributed by atoms with van der Waals surface area (Å²) in [6, 6.07) is 5.74. The number of aromatic hydroxyl groups is 1. The molecule has 13 heteroatoms. The minimum atomic E-state index is -4.58. The van der Waals surface area contributed by atoms with Gasteiger partial charge in [0.2, 0.25) is 0 Å². The number of anilines is 1. The quantitative estimate of drug-likeness (QED) is 0.397. The van der Waals surface area contributed by atoms with Crippen molar-refractivity contribution in [2.45, 2.75) is 32.6 Å². The van der Waals surface area contributed by atoms with E-state index >= 15 is 0 Å². The number of rotatable bonds is 6. The van der Waals surface area contributed by atoms with E-state index in [1.54, 1.807) is 13.8 Å². The molecule has 3 N–H and O–H groups in total. The fraction of sp³-hybridized carbons (Fsp3) is 0.238. The Morgan fingerprint density at radius 1 is 1.18 bits per heavy atom. The fourth-order valence-corrected chi connectivity index (χ4v) is 3.34. The number of alkyl halides is 3. The number of nitrogens with one attached hydrogen (secondary N) is 2. The monoisotopic (exact) mass is 515 g/mol. The van der Waals surface area contributed by atoms with Crippen LogP contribution >= 0.6 is 23.2 Å². The third kappa shape index (κ3) is 5.60. The van der Waals surface area contributed by atoms with E-state index in [0.29, 0.717) is 0 Å². The van der Waals surface area contributed by atoms with Gasteiger partial charge in [0.1, 0.15) is 11.3 Å². The molecule has 8 nitrogen and oxygen atoms in total. The van der Waals surface area contributed by atoms with Crippen molar-refractivity contribution in [3.05, 3.63) is 69.1 Å². The molecule has 1 aromatic carbocycles. The molecular formula is C21H18Cl2F3N5O3. The second kappa shape index (κ2) is 9.90. The Balaban J connectivity index is 1.85. The first-order valence-electron chi connectivity index (χ1n) is 9.77. The van der Waals surface area contributed by atoms with Crippen LogP contribution in [0, 0.1) is 0 Å². The van der Waals surface area contributed by atoms with Crippen LogP contribution in [0.4, 0.5) is 19.0 Å². The summed E-state index contributed by atoms with van der Waals surface area (Å²) in [6.45, 7) is 3.15. The Morgan fingerprint density at radius 3 is 2.47 bits per heavy atom. The highest BCUT2D eigenvalue weighted by Crippen LogP contribution is 2.32. The Hall–Kier alpha value is -3.31. The normalized spacial score (nSPS) is 11.5. The van der Waals surface area contributed by atoms with Gasteiger partial charge < -0.3 is 15.7 Å². The number of pyridine rings is 1. The Labute approximate surface area is 201 Å². The number of carbonyl (C=O) groups is 2. The van der Waals surface area contributed by atoms with Crippen LogP contribution in [0.3, 0.4) is 0 Å². The molecule has 34 heavy (non-hydrogen) atoms. The topological polar surface area (TPSA) is 109 Å². The van der Waals surface area contributed by atoms with Gasteiger partial charge in [-0.15, -0.1) is 0 Å². The van der Waals surface area contributed by atoms with Crippen LogP contribution in [0.1, 0.15) is 51.9 Å². The number of nitrogens with zero attached hydrogens (tertiary/aromatic N) is 3. The Morgan fingerprint density at radius 2 is 1.85 bits per heavy atom. The van der Waals surface area contributed by atoms with E-state index in [-0.39, 0.29) is 33.7 Å². The molecule has 0 saturated carbocycles. The van der Waals surface area contributed by atoms with Gasteiger partial charge in [-0.1, -0.05) is 41.4 Å². The van der Waals surface area contributed by atoms with Crippen molar-refractivity contribution in [1.29, 1.82) is 0 Å². The molecule has 0 radical (unpaired) electrons. The van der Waals surface area contributed by atoms with Crippen LogP contribution in [0.15, 0.2) is 36.5 Å². The van der Waals surface area contributed by atoms with Gasteiger partial charge in [0, 0.05) is 18.8 Å². The van der Waals surface area contributed by atoms with E-state index in [0.717, 1.165) is 12.1 Å². The fourth-order valence-electron chi connectivity index (χ4n) is 2.90. The molecule has 2 heterocycles. The largest absolute Gasteiger partial charge is 0.504 e. The molecule has 0 bridgehead atoms. The maximum atomic E-state index is 13.2. The smallest absolute Gasteiger partial charge is 0.416 e. The lowest BCUT2D eigenvalue weighted by atomic mass is 10.1. The maximum absolute atomic E-state index is 13.2. The number of aromatic nitrogens is 3. The van der Waals surface area contributed by atoms with Crippen molar-refractivity contribution in [2.24, 2.45) is 0 Å². The van der Waals surface area contributed by atoms with Gasteiger partial charge in [0.15, 0.2) is 16.7 Å². The van der Waals surface area contributed by atoms with E-state index in [9.17, 15) is 27.9 Å². The molecule has 0 fully saturated rings. The number of halogens is 5. The predicted molar refractivity (Wildman–Crippen MR) is 119 cm³/mol. The zero-order chi connectivity index (χ0) is 25.2. The predicted octanol–water partition coefficient (Wildman–Crippen LogP) is 5.07. The van der Waals surface area contributed by atoms with Crippen LogP contribution in [-0.2, 0) is 12.7 Å². The number of amides is 2. The van der Waals surface area contributed by atoms with Crippen molar-refractivity contribution >= 4 is 40.8 Å². The first-order chi connectivity index (χ1) is 15.9. The van der Waals surface area contributed by atoms with Gasteiger partial charge in [0.25, 0.3) is 11.8 Å². The summed E-state index contributed by atoms with van der Waals surface area (Å²) in [5.41, 5.74) is -1.32. The first-order valence-corrected chi connectivity index (χ1v) is 10.5. The summed E-state index contributed by atoms with van der Waals surface area (Å²) in [5.74, 6) is -2.23. The Bertz CT molecular complexity index is 1220.